The van der Waals surface area contributed by atoms with Gasteiger partial charge in [0.2, 0.25) is 0 Å². The largest absolute Gasteiger partial charge is 0.349 e. The van der Waals surface area contributed by atoms with Crippen LogP contribution >= 0.6 is 23.2 Å². The third-order valence-corrected chi connectivity index (χ3v) is 4.58. The molecule has 0 spiro atoms. The summed E-state index contributed by atoms with van der Waals surface area (Å²) in [5.74, 6) is 0. The van der Waals surface area contributed by atoms with Gasteiger partial charge < -0.3 is 9.88 Å². The number of aromatic nitrogens is 1. The average Bonchev–Trinajstić information content (AvgIpc) is 2.70. The molecule has 1 aromatic heterocycles. The Balaban J connectivity index is 2.09. The van der Waals surface area contributed by atoms with E-state index in [1.165, 1.54) is 17.0 Å². The Kier molecular flexibility index (Phi) is 5.37. The van der Waals surface area contributed by atoms with Crippen LogP contribution in [0.4, 0.5) is 0 Å². The highest BCUT2D eigenvalue weighted by atomic mass is 35.5. The fourth-order valence-electron chi connectivity index (χ4n) is 2.76. The van der Waals surface area contributed by atoms with Gasteiger partial charge in [0.25, 0.3) is 0 Å². The van der Waals surface area contributed by atoms with E-state index in [4.69, 9.17) is 23.2 Å². The summed E-state index contributed by atoms with van der Waals surface area (Å²) >= 11 is 12.2. The van der Waals surface area contributed by atoms with E-state index in [1.54, 1.807) is 6.07 Å². The molecule has 1 unspecified atom stereocenters. The minimum absolute atomic E-state index is 0.180. The topological polar surface area (TPSA) is 17.0 Å². The molecule has 4 heteroatoms. The molecule has 21 heavy (non-hydrogen) atoms. The third-order valence-electron chi connectivity index (χ3n) is 4.02. The Bertz CT molecular complexity index is 632. The van der Waals surface area contributed by atoms with Crippen LogP contribution in [0.25, 0.3) is 0 Å². The molecule has 0 fully saturated rings. The molecule has 2 nitrogen and oxygen atoms in total. The monoisotopic (exact) mass is 324 g/mol. The molecule has 0 aliphatic carbocycles. The summed E-state index contributed by atoms with van der Waals surface area (Å²) in [5.41, 5.74) is 5.05. The van der Waals surface area contributed by atoms with Crippen molar-refractivity contribution in [2.45, 2.75) is 46.8 Å². The minimum Gasteiger partial charge on any atom is -0.349 e. The molecule has 0 aliphatic rings. The van der Waals surface area contributed by atoms with Crippen LogP contribution in [0.5, 0.6) is 0 Å². The van der Waals surface area contributed by atoms with Crippen molar-refractivity contribution < 1.29 is 0 Å². The number of hydrogen-bond acceptors (Lipinski definition) is 1. The SMILES string of the molecule is CCn1c(C)cc(CNC(C)c2ccc(Cl)cc2Cl)c1C. The van der Waals surface area contributed by atoms with Gasteiger partial charge in [-0.25, -0.2) is 0 Å². The molecule has 0 saturated carbocycles. The zero-order valence-corrected chi connectivity index (χ0v) is 14.5. The van der Waals surface area contributed by atoms with E-state index in [0.717, 1.165) is 18.7 Å². The lowest BCUT2D eigenvalue weighted by Gasteiger charge is -2.16. The van der Waals surface area contributed by atoms with E-state index >= 15 is 0 Å². The van der Waals surface area contributed by atoms with Gasteiger partial charge in [-0.3, -0.25) is 0 Å². The average molecular weight is 325 g/mol. The first kappa shape index (κ1) is 16.4. The van der Waals surface area contributed by atoms with Gasteiger partial charge in [-0.1, -0.05) is 29.3 Å². The molecule has 2 aromatic rings. The minimum atomic E-state index is 0.180. The molecule has 0 aliphatic heterocycles. The van der Waals surface area contributed by atoms with Crippen molar-refractivity contribution in [3.05, 3.63) is 56.8 Å². The maximum Gasteiger partial charge on any atom is 0.0468 e. The lowest BCUT2D eigenvalue weighted by molar-refractivity contribution is 0.572. The van der Waals surface area contributed by atoms with Gasteiger partial charge in [0.05, 0.1) is 0 Å². The highest BCUT2D eigenvalue weighted by Crippen LogP contribution is 2.26. The predicted octanol–water partition coefficient (Wildman–Crippen LogP) is 5.28. The van der Waals surface area contributed by atoms with Crippen LogP contribution in [0.3, 0.4) is 0 Å². The molecule has 114 valence electrons. The van der Waals surface area contributed by atoms with Gasteiger partial charge in [-0.2, -0.15) is 0 Å². The fourth-order valence-corrected chi connectivity index (χ4v) is 3.34. The zero-order chi connectivity index (χ0) is 15.6. The number of hydrogen-bond donors (Lipinski definition) is 1. The smallest absolute Gasteiger partial charge is 0.0468 e. The van der Waals surface area contributed by atoms with Gasteiger partial charge >= 0.3 is 0 Å². The van der Waals surface area contributed by atoms with Gasteiger partial charge in [0.1, 0.15) is 0 Å². The Morgan fingerprint density at radius 2 is 1.90 bits per heavy atom. The first-order valence-corrected chi connectivity index (χ1v) is 8.03. The second-order valence-electron chi connectivity index (χ2n) is 5.41. The summed E-state index contributed by atoms with van der Waals surface area (Å²) in [6.07, 6.45) is 0. The third kappa shape index (κ3) is 3.63. The Morgan fingerprint density at radius 1 is 1.19 bits per heavy atom. The molecule has 0 radical (unpaired) electrons. The summed E-state index contributed by atoms with van der Waals surface area (Å²) < 4.78 is 2.33. The van der Waals surface area contributed by atoms with Crippen molar-refractivity contribution in [1.82, 2.24) is 9.88 Å². The Hall–Kier alpha value is -0.960. The summed E-state index contributed by atoms with van der Waals surface area (Å²) in [4.78, 5) is 0. The number of rotatable bonds is 5. The Morgan fingerprint density at radius 3 is 2.48 bits per heavy atom. The molecule has 1 heterocycles. The summed E-state index contributed by atoms with van der Waals surface area (Å²) in [6.45, 7) is 10.5. The van der Waals surface area contributed by atoms with Gasteiger partial charge in [-0.05, 0) is 57.0 Å². The van der Waals surface area contributed by atoms with Crippen LogP contribution in [-0.2, 0) is 13.1 Å². The number of aryl methyl sites for hydroxylation is 1. The van der Waals surface area contributed by atoms with Gasteiger partial charge in [0, 0.05) is 40.6 Å². The van der Waals surface area contributed by atoms with Crippen LogP contribution in [0.2, 0.25) is 10.0 Å². The van der Waals surface area contributed by atoms with E-state index in [2.05, 4.69) is 43.6 Å². The molecule has 0 saturated heterocycles. The molecule has 0 bridgehead atoms. The second kappa shape index (κ2) is 6.87. The van der Waals surface area contributed by atoms with Crippen molar-refractivity contribution in [3.8, 4) is 0 Å². The highest BCUT2D eigenvalue weighted by molar-refractivity contribution is 6.35. The zero-order valence-electron chi connectivity index (χ0n) is 13.0. The Labute approximate surface area is 137 Å². The molecule has 1 atom stereocenters. The van der Waals surface area contributed by atoms with E-state index in [0.29, 0.717) is 10.0 Å². The first-order chi connectivity index (χ1) is 9.93. The van der Waals surface area contributed by atoms with Crippen molar-refractivity contribution in [1.29, 1.82) is 0 Å². The summed E-state index contributed by atoms with van der Waals surface area (Å²) in [7, 11) is 0. The molecule has 1 N–H and O–H groups in total. The highest BCUT2D eigenvalue weighted by Gasteiger charge is 2.12. The van der Waals surface area contributed by atoms with E-state index in [-0.39, 0.29) is 6.04 Å². The number of benzene rings is 1. The predicted molar refractivity (Wildman–Crippen MR) is 91.3 cm³/mol. The normalized spacial score (nSPS) is 12.7. The van der Waals surface area contributed by atoms with Crippen LogP contribution in [0, 0.1) is 13.8 Å². The van der Waals surface area contributed by atoms with Gasteiger partial charge in [-0.15, -0.1) is 0 Å². The molecular weight excluding hydrogens is 303 g/mol. The quantitative estimate of drug-likeness (QED) is 0.791. The van der Waals surface area contributed by atoms with E-state index < -0.39 is 0 Å². The van der Waals surface area contributed by atoms with E-state index in [9.17, 15) is 0 Å². The number of nitrogens with one attached hydrogen (secondary N) is 1. The van der Waals surface area contributed by atoms with Crippen LogP contribution in [0.1, 0.15) is 42.4 Å². The van der Waals surface area contributed by atoms with Crippen molar-refractivity contribution in [2.75, 3.05) is 0 Å². The summed E-state index contributed by atoms with van der Waals surface area (Å²) in [5, 5.41) is 4.92. The fraction of sp³-hybridized carbons (Fsp3) is 0.412. The van der Waals surface area contributed by atoms with Crippen molar-refractivity contribution >= 4 is 23.2 Å². The first-order valence-electron chi connectivity index (χ1n) is 7.28. The summed E-state index contributed by atoms with van der Waals surface area (Å²) in [6, 6.07) is 8.09. The lowest BCUT2D eigenvalue weighted by Crippen LogP contribution is -2.18. The number of halogens is 2. The lowest BCUT2D eigenvalue weighted by atomic mass is 10.1. The molecule has 1 aromatic carbocycles. The van der Waals surface area contributed by atoms with Crippen molar-refractivity contribution in [3.63, 3.8) is 0 Å². The maximum atomic E-state index is 6.26. The number of nitrogens with zero attached hydrogens (tertiary/aromatic N) is 1. The standard InChI is InChI=1S/C17H22Cl2N2/c1-5-21-11(2)8-14(13(21)4)10-20-12(3)16-7-6-15(18)9-17(16)19/h6-9,12,20H,5,10H2,1-4H3. The molecule has 0 amide bonds. The molecule has 2 rings (SSSR count). The van der Waals surface area contributed by atoms with Crippen LogP contribution < -0.4 is 5.32 Å². The van der Waals surface area contributed by atoms with Crippen LogP contribution in [-0.4, -0.2) is 4.57 Å². The van der Waals surface area contributed by atoms with Crippen molar-refractivity contribution in [2.24, 2.45) is 0 Å². The van der Waals surface area contributed by atoms with Crippen LogP contribution in [0.15, 0.2) is 24.3 Å². The maximum absolute atomic E-state index is 6.26. The van der Waals surface area contributed by atoms with Gasteiger partial charge in [0.15, 0.2) is 0 Å². The van der Waals surface area contributed by atoms with E-state index in [1.807, 2.05) is 12.1 Å². The molecular formula is C17H22Cl2N2. The second-order valence-corrected chi connectivity index (χ2v) is 6.25.